The molecule has 0 amide bonds. The van der Waals surface area contributed by atoms with Gasteiger partial charge in [0, 0.05) is 17.9 Å². The van der Waals surface area contributed by atoms with E-state index in [9.17, 15) is 0 Å². The van der Waals surface area contributed by atoms with Gasteiger partial charge in [-0.2, -0.15) is 0 Å². The molecule has 1 heteroatoms. The van der Waals surface area contributed by atoms with Gasteiger partial charge in [-0.3, -0.25) is 0 Å². The summed E-state index contributed by atoms with van der Waals surface area (Å²) in [6, 6.07) is 16.4. The van der Waals surface area contributed by atoms with Crippen LogP contribution in [0.4, 0.5) is 0 Å². The summed E-state index contributed by atoms with van der Waals surface area (Å²) in [6.07, 6.45) is 11.6. The number of allylic oxidation sites excluding steroid dienone is 4. The van der Waals surface area contributed by atoms with Crippen molar-refractivity contribution in [3.05, 3.63) is 83.4 Å². The third-order valence-corrected chi connectivity index (χ3v) is 6.53. The predicted octanol–water partition coefficient (Wildman–Crippen LogP) is 5.32. The zero-order chi connectivity index (χ0) is 13.4. The van der Waals surface area contributed by atoms with Crippen LogP contribution in [0.2, 0.25) is 0 Å². The minimum absolute atomic E-state index is 0.427. The third-order valence-electron chi connectivity index (χ3n) is 4.34. The SMILES string of the molecule is c1ccc2[p+](c#1)-c1ccccc1C1C=CC=CC1CC2. The summed E-state index contributed by atoms with van der Waals surface area (Å²) in [5.74, 6) is 4.66. The summed E-state index contributed by atoms with van der Waals surface area (Å²) in [7, 11) is -0.427. The Morgan fingerprint density at radius 3 is 2.95 bits per heavy atom. The van der Waals surface area contributed by atoms with Crippen LogP contribution < -0.4 is 0 Å². The van der Waals surface area contributed by atoms with Crippen molar-refractivity contribution in [2.45, 2.75) is 18.8 Å². The molecule has 0 nitrogen and oxygen atoms in total. The van der Waals surface area contributed by atoms with E-state index in [1.54, 1.807) is 5.30 Å². The highest BCUT2D eigenvalue weighted by molar-refractivity contribution is 7.56. The van der Waals surface area contributed by atoms with Gasteiger partial charge in [-0.05, 0) is 36.6 Å². The molecule has 4 rings (SSSR count). The molecule has 0 spiro atoms. The van der Waals surface area contributed by atoms with Gasteiger partial charge in [0.05, 0.1) is 0 Å². The third kappa shape index (κ3) is 1.91. The lowest BCUT2D eigenvalue weighted by molar-refractivity contribution is 0.533. The van der Waals surface area contributed by atoms with E-state index in [4.69, 9.17) is 0 Å². The van der Waals surface area contributed by atoms with Crippen molar-refractivity contribution in [1.82, 2.24) is 0 Å². The molecule has 2 heterocycles. The van der Waals surface area contributed by atoms with E-state index in [2.05, 4.69) is 66.5 Å². The van der Waals surface area contributed by atoms with Crippen LogP contribution in [0.1, 0.15) is 23.2 Å². The summed E-state index contributed by atoms with van der Waals surface area (Å²) in [5, 5.41) is 3.02. The quantitative estimate of drug-likeness (QED) is 0.610. The minimum Gasteiger partial charge on any atom is -0.0805 e. The van der Waals surface area contributed by atoms with E-state index in [-0.39, 0.29) is 0 Å². The van der Waals surface area contributed by atoms with E-state index < -0.39 is 7.53 Å². The van der Waals surface area contributed by atoms with Crippen LogP contribution in [0, 0.1) is 17.8 Å². The topological polar surface area (TPSA) is 0 Å². The van der Waals surface area contributed by atoms with Gasteiger partial charge in [0.15, 0.2) is 11.1 Å². The standard InChI is InChI=1S/C19H16P/c1-2-9-17-15(7-1)12-13-16-8-5-6-14-20(16)19-11-4-3-10-18(17)19/h1-5,7-11,15,17H,12-13H2/q+1. The molecule has 0 saturated carbocycles. The van der Waals surface area contributed by atoms with Crippen LogP contribution >= 0.6 is 7.53 Å². The summed E-state index contributed by atoms with van der Waals surface area (Å²) in [4.78, 5) is 0. The minimum atomic E-state index is -0.427. The van der Waals surface area contributed by atoms with Gasteiger partial charge in [-0.15, -0.1) is 0 Å². The lowest BCUT2D eigenvalue weighted by atomic mass is 9.80. The molecule has 2 aliphatic rings. The molecular formula is C19H16P+. The highest BCUT2D eigenvalue weighted by Gasteiger charge is 2.31. The second-order valence-electron chi connectivity index (χ2n) is 5.47. The fourth-order valence-corrected chi connectivity index (χ4v) is 5.42. The number of fused-ring (bicyclic) bond motifs is 5. The fraction of sp³-hybridized carbons (Fsp3) is 0.211. The molecular weight excluding hydrogens is 259 g/mol. The number of rotatable bonds is 0. The zero-order valence-electron chi connectivity index (χ0n) is 11.3. The maximum Gasteiger partial charge on any atom is 0.225 e. The van der Waals surface area contributed by atoms with Crippen LogP contribution in [0.25, 0.3) is 5.30 Å². The highest BCUT2D eigenvalue weighted by atomic mass is 31.1. The van der Waals surface area contributed by atoms with E-state index in [0.717, 1.165) is 0 Å². The Bertz CT molecular complexity index is 696. The number of hydrogen-bond donors (Lipinski definition) is 0. The molecule has 0 fully saturated rings. The van der Waals surface area contributed by atoms with Gasteiger partial charge in [0.25, 0.3) is 0 Å². The highest BCUT2D eigenvalue weighted by Crippen LogP contribution is 2.50. The summed E-state index contributed by atoms with van der Waals surface area (Å²) in [5.41, 5.74) is 1.49. The maximum absolute atomic E-state index is 3.49. The Balaban J connectivity index is 1.96. The van der Waals surface area contributed by atoms with Crippen molar-refractivity contribution in [2.75, 3.05) is 0 Å². The van der Waals surface area contributed by atoms with E-state index >= 15 is 0 Å². The molecule has 96 valence electrons. The summed E-state index contributed by atoms with van der Waals surface area (Å²) in [6.45, 7) is 0. The van der Waals surface area contributed by atoms with Crippen molar-refractivity contribution in [3.63, 3.8) is 0 Å². The van der Waals surface area contributed by atoms with Crippen molar-refractivity contribution in [2.24, 2.45) is 5.92 Å². The molecule has 1 aliphatic heterocycles. The van der Waals surface area contributed by atoms with Crippen LogP contribution in [0.5, 0.6) is 0 Å². The maximum atomic E-state index is 3.49. The van der Waals surface area contributed by atoms with Gasteiger partial charge in [-0.1, -0.05) is 42.5 Å². The first-order chi connectivity index (χ1) is 9.93. The Labute approximate surface area is 121 Å². The number of benzene rings is 1. The van der Waals surface area contributed by atoms with Crippen LogP contribution in [-0.4, -0.2) is 0 Å². The monoisotopic (exact) mass is 275 g/mol. The van der Waals surface area contributed by atoms with E-state index in [0.29, 0.717) is 11.8 Å². The Morgan fingerprint density at radius 2 is 1.95 bits per heavy atom. The zero-order valence-corrected chi connectivity index (χ0v) is 12.2. The molecule has 3 unspecified atom stereocenters. The lowest BCUT2D eigenvalue weighted by Gasteiger charge is -2.26. The number of hydrogen-bond acceptors (Lipinski definition) is 0. The average molecular weight is 275 g/mol. The Hall–Kier alpha value is -1.83. The summed E-state index contributed by atoms with van der Waals surface area (Å²) >= 11 is 0. The molecule has 0 saturated heterocycles. The van der Waals surface area contributed by atoms with Gasteiger partial charge in [-0.25, -0.2) is 0 Å². The fourth-order valence-electron chi connectivity index (χ4n) is 3.35. The van der Waals surface area contributed by atoms with Crippen molar-refractivity contribution in [1.29, 1.82) is 0 Å². The summed E-state index contributed by atoms with van der Waals surface area (Å²) < 4.78 is 0. The second-order valence-corrected chi connectivity index (χ2v) is 7.42. The first kappa shape index (κ1) is 12.0. The van der Waals surface area contributed by atoms with Crippen LogP contribution in [-0.2, 0) is 6.42 Å². The molecule has 2 aromatic rings. The Morgan fingerprint density at radius 1 is 1.05 bits per heavy atom. The van der Waals surface area contributed by atoms with Crippen molar-refractivity contribution in [3.8, 4) is 5.30 Å². The van der Waals surface area contributed by atoms with Gasteiger partial charge >= 0.3 is 0 Å². The second kappa shape index (κ2) is 4.93. The first-order valence-corrected chi connectivity index (χ1v) is 8.55. The smallest absolute Gasteiger partial charge is 0.0805 e. The lowest BCUT2D eigenvalue weighted by Crippen LogP contribution is -2.14. The first-order valence-electron chi connectivity index (χ1n) is 7.21. The van der Waals surface area contributed by atoms with Crippen molar-refractivity contribution >= 4 is 7.53 Å². The molecule has 1 aliphatic carbocycles. The molecule has 0 radical (unpaired) electrons. The molecule has 3 atom stereocenters. The van der Waals surface area contributed by atoms with Gasteiger partial charge in [0.2, 0.25) is 7.53 Å². The van der Waals surface area contributed by atoms with Gasteiger partial charge in [0.1, 0.15) is 5.30 Å². The molecule has 0 N–H and O–H groups in total. The molecule has 1 aromatic carbocycles. The van der Waals surface area contributed by atoms with Crippen LogP contribution in [0.3, 0.4) is 0 Å². The van der Waals surface area contributed by atoms with E-state index in [1.165, 1.54) is 23.7 Å². The predicted molar refractivity (Wildman–Crippen MR) is 85.4 cm³/mol. The normalized spacial score (nSPS) is 23.7. The number of aryl methyl sites for hydroxylation is 1. The molecule has 0 bridgehead atoms. The largest absolute Gasteiger partial charge is 0.225 e. The van der Waals surface area contributed by atoms with Crippen LogP contribution in [0.15, 0.2) is 60.7 Å². The van der Waals surface area contributed by atoms with Crippen molar-refractivity contribution < 1.29 is 0 Å². The molecule has 20 heavy (non-hydrogen) atoms. The molecule has 1 aromatic heterocycles. The average Bonchev–Trinajstić information content (AvgIpc) is 2.52. The Kier molecular flexibility index (Phi) is 2.95. The van der Waals surface area contributed by atoms with Gasteiger partial charge < -0.3 is 0 Å². The van der Waals surface area contributed by atoms with E-state index in [1.807, 2.05) is 6.07 Å².